The quantitative estimate of drug-likeness (QED) is 0.179. The molecule has 0 bridgehead atoms. The van der Waals surface area contributed by atoms with Gasteiger partial charge >= 0.3 is 0 Å². The van der Waals surface area contributed by atoms with E-state index in [4.69, 9.17) is 5.73 Å². The van der Waals surface area contributed by atoms with Crippen molar-refractivity contribution in [2.45, 2.75) is 52.0 Å². The van der Waals surface area contributed by atoms with Crippen LogP contribution in [0.4, 0.5) is 10.1 Å². The summed E-state index contributed by atoms with van der Waals surface area (Å²) in [5.74, 6) is -0.00632. The van der Waals surface area contributed by atoms with Gasteiger partial charge in [-0.25, -0.2) is 14.3 Å². The number of ketones is 2. The first-order valence-electron chi connectivity index (χ1n) is 12.3. The maximum atomic E-state index is 13.2. The molecule has 1 aliphatic rings. The van der Waals surface area contributed by atoms with E-state index >= 15 is 0 Å². The Morgan fingerprint density at radius 3 is 2.39 bits per heavy atom. The van der Waals surface area contributed by atoms with Crippen molar-refractivity contribution in [3.63, 3.8) is 0 Å². The fourth-order valence-corrected chi connectivity index (χ4v) is 4.70. The number of carbonyl (C=O) groups is 2. The van der Waals surface area contributed by atoms with Gasteiger partial charge in [-0.3, -0.25) is 9.59 Å². The zero-order valence-electron chi connectivity index (χ0n) is 21.2. The molecular formula is C28H34FN5O2. The number of rotatable bonds is 9. The summed E-state index contributed by atoms with van der Waals surface area (Å²) in [6, 6.07) is 11.8. The molecule has 7 nitrogen and oxygen atoms in total. The third-order valence-corrected chi connectivity index (χ3v) is 6.85. The fourth-order valence-electron chi connectivity index (χ4n) is 4.70. The van der Waals surface area contributed by atoms with Crippen LogP contribution >= 0.6 is 0 Å². The summed E-state index contributed by atoms with van der Waals surface area (Å²) in [5.41, 5.74) is 8.38. The van der Waals surface area contributed by atoms with Gasteiger partial charge in [-0.15, -0.1) is 0 Å². The van der Waals surface area contributed by atoms with Gasteiger partial charge in [0.05, 0.1) is 5.69 Å². The van der Waals surface area contributed by atoms with Gasteiger partial charge in [-0.05, 0) is 101 Å². The summed E-state index contributed by atoms with van der Waals surface area (Å²) in [5, 5.41) is 9.64. The van der Waals surface area contributed by atoms with Crippen molar-refractivity contribution in [1.29, 1.82) is 5.26 Å². The Balaban J connectivity index is 1.60. The van der Waals surface area contributed by atoms with Gasteiger partial charge < -0.3 is 10.6 Å². The van der Waals surface area contributed by atoms with Crippen LogP contribution in [0.1, 0.15) is 65.8 Å². The average molecular weight is 492 g/mol. The molecule has 0 amide bonds. The number of halogens is 1. The minimum atomic E-state index is -0.212. The van der Waals surface area contributed by atoms with E-state index in [0.29, 0.717) is 35.3 Å². The van der Waals surface area contributed by atoms with Crippen LogP contribution in [0.3, 0.4) is 0 Å². The Bertz CT molecular complexity index is 1120. The lowest BCUT2D eigenvalue weighted by atomic mass is 9.85. The summed E-state index contributed by atoms with van der Waals surface area (Å²) in [7, 11) is 2.13. The van der Waals surface area contributed by atoms with Crippen LogP contribution < -0.4 is 5.73 Å². The summed E-state index contributed by atoms with van der Waals surface area (Å²) in [6.45, 7) is 4.27. The van der Waals surface area contributed by atoms with Gasteiger partial charge in [0, 0.05) is 23.7 Å². The highest BCUT2D eigenvalue weighted by atomic mass is 19.1. The molecule has 0 unspecified atom stereocenters. The van der Waals surface area contributed by atoms with Crippen molar-refractivity contribution in [2.75, 3.05) is 20.1 Å². The third kappa shape index (κ3) is 7.46. The molecule has 36 heavy (non-hydrogen) atoms. The van der Waals surface area contributed by atoms with E-state index in [1.54, 1.807) is 12.1 Å². The van der Waals surface area contributed by atoms with Crippen LogP contribution in [0, 0.1) is 23.2 Å². The second-order valence-electron chi connectivity index (χ2n) is 9.60. The number of guanidine groups is 1. The summed E-state index contributed by atoms with van der Waals surface area (Å²) in [4.78, 5) is 31.7. The molecule has 3 rings (SSSR count). The molecule has 1 heterocycles. The molecule has 2 N–H and O–H groups in total. The number of benzene rings is 2. The number of nitrogens with zero attached hydrogens (tertiary/aromatic N) is 4. The topological polar surface area (TPSA) is 103 Å². The first kappa shape index (κ1) is 27.0. The monoisotopic (exact) mass is 491 g/mol. The standard InChI is InChI=1S/C28H34FN5O2/c1-19(35)23-15-24(20(2)36)17-26(16-23)32-28(31)34(18-30)11-4-5-27-14-22(10-12-33(27)3)13-21-6-8-25(29)9-7-21/h6-9,15-17,22,27H,4-5,10-14H2,1-3H3,(H2,31,32)/t22-,27-/m0/s1. The fraction of sp³-hybridized carbons (Fsp3) is 0.429. The lowest BCUT2D eigenvalue weighted by molar-refractivity contribution is 0.101. The first-order chi connectivity index (χ1) is 17.2. The molecule has 8 heteroatoms. The minimum Gasteiger partial charge on any atom is -0.369 e. The number of hydrogen-bond donors (Lipinski definition) is 1. The lowest BCUT2D eigenvalue weighted by Crippen LogP contribution is -2.41. The minimum absolute atomic E-state index is 0.0267. The predicted octanol–water partition coefficient (Wildman–Crippen LogP) is 4.69. The van der Waals surface area contributed by atoms with E-state index < -0.39 is 0 Å². The number of Topliss-reactive ketones (excluding diaryl/α,β-unsaturated/α-hetero) is 2. The molecule has 0 spiro atoms. The lowest BCUT2D eigenvalue weighted by Gasteiger charge is -2.37. The van der Waals surface area contributed by atoms with Crippen molar-refractivity contribution < 1.29 is 14.0 Å². The van der Waals surface area contributed by atoms with E-state index in [0.717, 1.165) is 44.2 Å². The van der Waals surface area contributed by atoms with Crippen molar-refractivity contribution in [3.05, 3.63) is 65.0 Å². The second kappa shape index (κ2) is 12.4. The molecule has 0 saturated carbocycles. The van der Waals surface area contributed by atoms with Gasteiger partial charge in [0.15, 0.2) is 17.8 Å². The molecule has 2 aromatic rings. The highest BCUT2D eigenvalue weighted by Gasteiger charge is 2.26. The molecule has 0 aliphatic carbocycles. The molecule has 0 radical (unpaired) electrons. The van der Waals surface area contributed by atoms with Crippen molar-refractivity contribution in [2.24, 2.45) is 16.6 Å². The van der Waals surface area contributed by atoms with Crippen LogP contribution in [-0.2, 0) is 6.42 Å². The summed E-state index contributed by atoms with van der Waals surface area (Å²) >= 11 is 0. The molecule has 1 saturated heterocycles. The van der Waals surface area contributed by atoms with E-state index in [1.165, 1.54) is 36.9 Å². The largest absolute Gasteiger partial charge is 0.369 e. The number of piperidine rings is 1. The maximum Gasteiger partial charge on any atom is 0.209 e. The molecule has 0 aromatic heterocycles. The maximum absolute atomic E-state index is 13.2. The first-order valence-corrected chi connectivity index (χ1v) is 12.3. The van der Waals surface area contributed by atoms with Gasteiger partial charge in [-0.2, -0.15) is 5.26 Å². The number of hydrogen-bond acceptors (Lipinski definition) is 5. The van der Waals surface area contributed by atoms with Crippen LogP contribution in [0.25, 0.3) is 0 Å². The Labute approximate surface area is 212 Å². The zero-order valence-corrected chi connectivity index (χ0v) is 21.2. The van der Waals surface area contributed by atoms with Crippen molar-refractivity contribution >= 4 is 23.2 Å². The highest BCUT2D eigenvalue weighted by molar-refractivity contribution is 6.01. The van der Waals surface area contributed by atoms with E-state index in [-0.39, 0.29) is 23.3 Å². The van der Waals surface area contributed by atoms with E-state index in [9.17, 15) is 19.2 Å². The number of carbonyl (C=O) groups excluding carboxylic acids is 2. The smallest absolute Gasteiger partial charge is 0.209 e. The van der Waals surface area contributed by atoms with Gasteiger partial charge in [0.25, 0.3) is 0 Å². The van der Waals surface area contributed by atoms with Crippen LogP contribution in [0.2, 0.25) is 0 Å². The summed E-state index contributed by atoms with van der Waals surface area (Å²) in [6.07, 6.45) is 6.86. The third-order valence-electron chi connectivity index (χ3n) is 6.85. The van der Waals surface area contributed by atoms with Gasteiger partial charge in [0.1, 0.15) is 5.82 Å². The van der Waals surface area contributed by atoms with Crippen molar-refractivity contribution in [1.82, 2.24) is 9.80 Å². The van der Waals surface area contributed by atoms with E-state index in [2.05, 4.69) is 23.1 Å². The second-order valence-corrected chi connectivity index (χ2v) is 9.60. The number of nitriles is 1. The number of nitrogens with two attached hydrogens (primary N) is 1. The molecule has 2 aromatic carbocycles. The molecule has 190 valence electrons. The van der Waals surface area contributed by atoms with Gasteiger partial charge in [0.2, 0.25) is 5.96 Å². The zero-order chi connectivity index (χ0) is 26.2. The predicted molar refractivity (Wildman–Crippen MR) is 139 cm³/mol. The highest BCUT2D eigenvalue weighted by Crippen LogP contribution is 2.28. The molecular weight excluding hydrogens is 457 g/mol. The summed E-state index contributed by atoms with van der Waals surface area (Å²) < 4.78 is 13.2. The van der Waals surface area contributed by atoms with Crippen LogP contribution in [0.5, 0.6) is 0 Å². The Morgan fingerprint density at radius 2 is 1.81 bits per heavy atom. The molecule has 1 aliphatic heterocycles. The van der Waals surface area contributed by atoms with Crippen molar-refractivity contribution in [3.8, 4) is 6.19 Å². The Kier molecular flexibility index (Phi) is 9.31. The Hall–Kier alpha value is -3.57. The van der Waals surface area contributed by atoms with Crippen LogP contribution in [0.15, 0.2) is 47.5 Å². The number of aliphatic imine (C=N–C) groups is 1. The normalized spacial score (nSPS) is 18.5. The molecule has 2 atom stereocenters. The van der Waals surface area contributed by atoms with Crippen LogP contribution in [-0.4, -0.2) is 53.5 Å². The van der Waals surface area contributed by atoms with Gasteiger partial charge in [-0.1, -0.05) is 12.1 Å². The number of likely N-dealkylation sites (tertiary alicyclic amines) is 1. The Morgan fingerprint density at radius 1 is 1.17 bits per heavy atom. The molecule has 1 fully saturated rings. The van der Waals surface area contributed by atoms with E-state index in [1.807, 2.05) is 12.1 Å². The average Bonchev–Trinajstić information content (AvgIpc) is 2.84. The SMILES string of the molecule is CC(=O)c1cc(N=C(N)N(C#N)CCC[C@H]2C[C@H](Cc3ccc(F)cc3)CCN2C)cc(C(C)=O)c1.